The quantitative estimate of drug-likeness (QED) is 0.607. The van der Waals surface area contributed by atoms with Crippen molar-refractivity contribution < 1.29 is 14.5 Å². The van der Waals surface area contributed by atoms with Crippen molar-refractivity contribution in [1.29, 1.82) is 0 Å². The molecule has 0 atom stereocenters. The Morgan fingerprint density at radius 2 is 2.15 bits per heavy atom. The second-order valence-electron chi connectivity index (χ2n) is 4.81. The Kier molecular flexibility index (Phi) is 6.95. The van der Waals surface area contributed by atoms with Gasteiger partial charge in [-0.25, -0.2) is 0 Å². The number of halogens is 1. The van der Waals surface area contributed by atoms with E-state index in [-0.39, 0.29) is 36.4 Å². The minimum Gasteiger partial charge on any atom is -0.484 e. The van der Waals surface area contributed by atoms with Crippen LogP contribution in [-0.2, 0) is 4.79 Å². The molecular weight excluding hydrogens is 286 g/mol. The van der Waals surface area contributed by atoms with Crippen LogP contribution in [-0.4, -0.2) is 29.5 Å². The minimum absolute atomic E-state index is 0. The van der Waals surface area contributed by atoms with Crippen molar-refractivity contribution in [3.8, 4) is 5.75 Å². The van der Waals surface area contributed by atoms with Gasteiger partial charge >= 0.3 is 0 Å². The Hall–Kier alpha value is -1.86. The van der Waals surface area contributed by atoms with Crippen LogP contribution in [0.15, 0.2) is 24.3 Å². The third-order valence-corrected chi connectivity index (χ3v) is 2.14. The number of nitro groups is 1. The van der Waals surface area contributed by atoms with Crippen molar-refractivity contribution in [1.82, 2.24) is 5.32 Å². The lowest BCUT2D eigenvalue weighted by Crippen LogP contribution is -2.46. The van der Waals surface area contributed by atoms with Gasteiger partial charge in [-0.3, -0.25) is 14.9 Å². The smallest absolute Gasteiger partial charge is 0.273 e. The lowest BCUT2D eigenvalue weighted by molar-refractivity contribution is -0.384. The summed E-state index contributed by atoms with van der Waals surface area (Å²) in [5.74, 6) is -0.0543. The predicted octanol–water partition coefficient (Wildman–Crippen LogP) is 1.25. The molecule has 20 heavy (non-hydrogen) atoms. The summed E-state index contributed by atoms with van der Waals surface area (Å²) in [5, 5.41) is 13.2. The van der Waals surface area contributed by atoms with E-state index in [2.05, 4.69) is 5.32 Å². The molecule has 0 unspecified atom stereocenters. The summed E-state index contributed by atoms with van der Waals surface area (Å²) in [6, 6.07) is 5.66. The fourth-order valence-corrected chi connectivity index (χ4v) is 1.21. The molecule has 0 aromatic heterocycles. The number of hydrogen-bond donors (Lipinski definition) is 2. The van der Waals surface area contributed by atoms with Crippen molar-refractivity contribution in [2.45, 2.75) is 19.4 Å². The van der Waals surface area contributed by atoms with E-state index in [1.807, 2.05) is 0 Å². The number of ether oxygens (including phenoxy) is 1. The van der Waals surface area contributed by atoms with E-state index in [0.29, 0.717) is 6.54 Å². The molecule has 0 heterocycles. The van der Waals surface area contributed by atoms with Crippen LogP contribution in [0.25, 0.3) is 0 Å². The van der Waals surface area contributed by atoms with Crippen LogP contribution in [0.1, 0.15) is 13.8 Å². The monoisotopic (exact) mass is 303 g/mol. The Bertz CT molecular complexity index is 474. The first-order valence-electron chi connectivity index (χ1n) is 5.71. The molecule has 0 saturated carbocycles. The highest BCUT2D eigenvalue weighted by atomic mass is 35.5. The third-order valence-electron chi connectivity index (χ3n) is 2.14. The summed E-state index contributed by atoms with van der Waals surface area (Å²) in [5.41, 5.74) is 5.13. The number of carbonyl (C=O) groups is 1. The van der Waals surface area contributed by atoms with Gasteiger partial charge in [-0.05, 0) is 19.9 Å². The molecule has 1 aromatic rings. The van der Waals surface area contributed by atoms with Gasteiger partial charge < -0.3 is 15.8 Å². The zero-order valence-corrected chi connectivity index (χ0v) is 12.1. The summed E-state index contributed by atoms with van der Waals surface area (Å²) in [6.45, 7) is 3.69. The normalized spacial score (nSPS) is 10.3. The van der Waals surface area contributed by atoms with Crippen molar-refractivity contribution in [2.75, 3.05) is 13.2 Å². The van der Waals surface area contributed by atoms with Crippen molar-refractivity contribution in [3.05, 3.63) is 34.4 Å². The number of nitrogens with one attached hydrogen (secondary N) is 1. The number of benzene rings is 1. The number of non-ortho nitro benzene ring substituents is 1. The maximum atomic E-state index is 11.5. The molecule has 0 bridgehead atoms. The van der Waals surface area contributed by atoms with Gasteiger partial charge in [0.05, 0.1) is 11.0 Å². The SMILES string of the molecule is CC(C)(N)CNC(=O)COc1cccc([N+](=O)[O-])c1.Cl. The predicted molar refractivity (Wildman–Crippen MR) is 77.1 cm³/mol. The van der Waals surface area contributed by atoms with Crippen LogP contribution in [0.3, 0.4) is 0 Å². The highest BCUT2D eigenvalue weighted by Gasteiger charge is 2.13. The molecule has 112 valence electrons. The van der Waals surface area contributed by atoms with Gasteiger partial charge in [-0.15, -0.1) is 12.4 Å². The number of nitro benzene ring substituents is 1. The van der Waals surface area contributed by atoms with E-state index < -0.39 is 10.5 Å². The van der Waals surface area contributed by atoms with Crippen LogP contribution in [0.4, 0.5) is 5.69 Å². The summed E-state index contributed by atoms with van der Waals surface area (Å²) in [7, 11) is 0. The van der Waals surface area contributed by atoms with Gasteiger partial charge in [0.1, 0.15) is 5.75 Å². The van der Waals surface area contributed by atoms with E-state index in [1.165, 1.54) is 18.2 Å². The molecule has 1 amide bonds. The van der Waals surface area contributed by atoms with E-state index in [9.17, 15) is 14.9 Å². The standard InChI is InChI=1S/C12H17N3O4.ClH/c1-12(2,13)8-14-11(16)7-19-10-5-3-4-9(6-10)15(17)18;/h3-6H,7-8,13H2,1-2H3,(H,14,16);1H. The lowest BCUT2D eigenvalue weighted by atomic mass is 10.1. The van der Waals surface area contributed by atoms with Crippen LogP contribution in [0.5, 0.6) is 5.75 Å². The van der Waals surface area contributed by atoms with Gasteiger partial charge in [0.25, 0.3) is 11.6 Å². The molecule has 0 aliphatic rings. The molecule has 0 aliphatic heterocycles. The molecular formula is C12H18ClN3O4. The summed E-state index contributed by atoms with van der Waals surface area (Å²) in [4.78, 5) is 21.5. The van der Waals surface area contributed by atoms with Gasteiger partial charge in [0, 0.05) is 18.2 Å². The number of nitrogens with zero attached hydrogens (tertiary/aromatic N) is 1. The first-order valence-corrected chi connectivity index (χ1v) is 5.71. The number of rotatable bonds is 6. The van der Waals surface area contributed by atoms with E-state index >= 15 is 0 Å². The lowest BCUT2D eigenvalue weighted by Gasteiger charge is -2.18. The van der Waals surface area contributed by atoms with E-state index in [4.69, 9.17) is 10.5 Å². The van der Waals surface area contributed by atoms with E-state index in [0.717, 1.165) is 0 Å². The van der Waals surface area contributed by atoms with Crippen LogP contribution < -0.4 is 15.8 Å². The zero-order valence-electron chi connectivity index (χ0n) is 11.3. The maximum Gasteiger partial charge on any atom is 0.273 e. The van der Waals surface area contributed by atoms with Gasteiger partial charge in [-0.2, -0.15) is 0 Å². The molecule has 0 radical (unpaired) electrons. The highest BCUT2D eigenvalue weighted by molar-refractivity contribution is 5.85. The highest BCUT2D eigenvalue weighted by Crippen LogP contribution is 2.18. The minimum atomic E-state index is -0.524. The maximum absolute atomic E-state index is 11.5. The first-order chi connectivity index (χ1) is 8.78. The number of amides is 1. The van der Waals surface area contributed by atoms with Crippen molar-refractivity contribution >= 4 is 24.0 Å². The van der Waals surface area contributed by atoms with E-state index in [1.54, 1.807) is 19.9 Å². The number of hydrogen-bond acceptors (Lipinski definition) is 5. The third kappa shape index (κ3) is 6.91. The second kappa shape index (κ2) is 7.66. The fraction of sp³-hybridized carbons (Fsp3) is 0.417. The Morgan fingerprint density at radius 1 is 1.50 bits per heavy atom. The van der Waals surface area contributed by atoms with Crippen LogP contribution >= 0.6 is 12.4 Å². The molecule has 0 aliphatic carbocycles. The Labute approximate surface area is 123 Å². The summed E-state index contributed by atoms with van der Waals surface area (Å²) < 4.78 is 5.17. The van der Waals surface area contributed by atoms with Gasteiger partial charge in [0.15, 0.2) is 6.61 Å². The molecule has 0 spiro atoms. The van der Waals surface area contributed by atoms with Crippen LogP contribution in [0, 0.1) is 10.1 Å². The van der Waals surface area contributed by atoms with Gasteiger partial charge in [-0.1, -0.05) is 6.07 Å². The molecule has 1 aromatic carbocycles. The second-order valence-corrected chi connectivity index (χ2v) is 4.81. The van der Waals surface area contributed by atoms with Crippen molar-refractivity contribution in [3.63, 3.8) is 0 Å². The summed E-state index contributed by atoms with van der Waals surface area (Å²) in [6.07, 6.45) is 0. The molecule has 0 saturated heterocycles. The molecule has 1 rings (SSSR count). The Morgan fingerprint density at radius 3 is 2.70 bits per heavy atom. The number of carbonyl (C=O) groups excluding carboxylic acids is 1. The average molecular weight is 304 g/mol. The number of nitrogens with two attached hydrogens (primary N) is 1. The molecule has 0 fully saturated rings. The Balaban J connectivity index is 0.00000361. The molecule has 8 heteroatoms. The van der Waals surface area contributed by atoms with Crippen LogP contribution in [0.2, 0.25) is 0 Å². The first kappa shape index (κ1) is 18.1. The molecule has 3 N–H and O–H groups in total. The largest absolute Gasteiger partial charge is 0.484 e. The van der Waals surface area contributed by atoms with Gasteiger partial charge in [0.2, 0.25) is 0 Å². The topological polar surface area (TPSA) is 107 Å². The average Bonchev–Trinajstić information content (AvgIpc) is 2.33. The van der Waals surface area contributed by atoms with Crippen molar-refractivity contribution in [2.24, 2.45) is 5.73 Å². The zero-order chi connectivity index (χ0) is 14.5. The fourth-order valence-electron chi connectivity index (χ4n) is 1.21. The molecule has 7 nitrogen and oxygen atoms in total. The summed E-state index contributed by atoms with van der Waals surface area (Å²) >= 11 is 0.